The van der Waals surface area contributed by atoms with Crippen LogP contribution in [0.15, 0.2) is 12.2 Å². The van der Waals surface area contributed by atoms with Gasteiger partial charge in [-0.15, -0.1) is 0 Å². The number of ketones is 1. The number of carbonyl (C=O) groups excluding carboxylic acids is 2. The summed E-state index contributed by atoms with van der Waals surface area (Å²) in [5.74, 6) is 3.63. The molecule has 0 amide bonds. The van der Waals surface area contributed by atoms with Gasteiger partial charge in [0, 0.05) is 6.42 Å². The highest BCUT2D eigenvalue weighted by atomic mass is 16.5. The van der Waals surface area contributed by atoms with Crippen LogP contribution in [0.4, 0.5) is 0 Å². The summed E-state index contributed by atoms with van der Waals surface area (Å²) in [6.45, 7) is 7.22. The molecule has 3 saturated carbocycles. The fourth-order valence-corrected chi connectivity index (χ4v) is 8.94. The fourth-order valence-electron chi connectivity index (χ4n) is 8.94. The molecule has 0 unspecified atom stereocenters. The van der Waals surface area contributed by atoms with Gasteiger partial charge < -0.3 is 4.74 Å². The van der Waals surface area contributed by atoms with Gasteiger partial charge in [-0.25, -0.2) is 0 Å². The molecule has 0 aliphatic heterocycles. The van der Waals surface area contributed by atoms with Crippen molar-refractivity contribution < 1.29 is 14.3 Å². The zero-order valence-corrected chi connectivity index (χ0v) is 21.0. The predicted octanol–water partition coefficient (Wildman–Crippen LogP) is 7.14. The number of carbonyl (C=O) groups is 2. The van der Waals surface area contributed by atoms with Crippen molar-refractivity contribution in [2.75, 3.05) is 7.11 Å². The van der Waals surface area contributed by atoms with Crippen molar-refractivity contribution in [3.05, 3.63) is 12.2 Å². The number of allylic oxidation sites excluding steroid dienone is 2. The molecule has 4 aliphatic carbocycles. The molecule has 0 aromatic heterocycles. The van der Waals surface area contributed by atoms with Gasteiger partial charge in [-0.1, -0.05) is 59.0 Å². The number of esters is 1. The third-order valence-electron chi connectivity index (χ3n) is 10.7. The molecule has 4 rings (SSSR count). The van der Waals surface area contributed by atoms with Gasteiger partial charge in [-0.05, 0) is 91.4 Å². The van der Waals surface area contributed by atoms with E-state index >= 15 is 0 Å². The molecule has 8 atom stereocenters. The average Bonchev–Trinajstić information content (AvgIpc) is 3.13. The molecule has 32 heavy (non-hydrogen) atoms. The Labute approximate surface area is 196 Å². The van der Waals surface area contributed by atoms with E-state index in [4.69, 9.17) is 4.74 Å². The molecule has 0 aromatic rings. The highest BCUT2D eigenvalue weighted by Gasteiger charge is 2.61. The monoisotopic (exact) mass is 442 g/mol. The van der Waals surface area contributed by atoms with Crippen LogP contribution >= 0.6 is 0 Å². The fraction of sp³-hybridized carbons (Fsp3) is 0.862. The Hall–Kier alpha value is -1.12. The molecular formula is C29H46O3. The second-order valence-corrected chi connectivity index (χ2v) is 12.1. The van der Waals surface area contributed by atoms with Gasteiger partial charge in [0.25, 0.3) is 0 Å². The van der Waals surface area contributed by atoms with Crippen molar-refractivity contribution >= 4 is 11.8 Å². The minimum absolute atomic E-state index is 0.0406. The summed E-state index contributed by atoms with van der Waals surface area (Å²) >= 11 is 0. The molecule has 0 heterocycles. The van der Waals surface area contributed by atoms with Gasteiger partial charge in [0.05, 0.1) is 13.0 Å². The third-order valence-corrected chi connectivity index (χ3v) is 10.7. The Bertz CT molecular complexity index is 726. The minimum atomic E-state index is 0.0406. The number of hydrogen-bond donors (Lipinski definition) is 0. The topological polar surface area (TPSA) is 43.4 Å². The number of ether oxygens (including phenoxy) is 1. The highest BCUT2D eigenvalue weighted by molar-refractivity contribution is 5.91. The largest absolute Gasteiger partial charge is 0.469 e. The van der Waals surface area contributed by atoms with Gasteiger partial charge in [0.2, 0.25) is 0 Å². The van der Waals surface area contributed by atoms with Crippen molar-refractivity contribution in [3.63, 3.8) is 0 Å². The van der Waals surface area contributed by atoms with E-state index in [-0.39, 0.29) is 22.7 Å². The molecule has 3 nitrogen and oxygen atoms in total. The maximum absolute atomic E-state index is 12.9. The van der Waals surface area contributed by atoms with Crippen LogP contribution in [0.5, 0.6) is 0 Å². The second-order valence-electron chi connectivity index (χ2n) is 12.1. The lowest BCUT2D eigenvalue weighted by molar-refractivity contribution is -0.152. The van der Waals surface area contributed by atoms with Gasteiger partial charge >= 0.3 is 5.97 Å². The van der Waals surface area contributed by atoms with Crippen molar-refractivity contribution in [2.45, 2.75) is 104 Å². The number of unbranched alkanes of at least 4 members (excludes halogenated alkanes) is 4. The summed E-state index contributed by atoms with van der Waals surface area (Å²) in [5.41, 5.74) is 0.456. The van der Waals surface area contributed by atoms with E-state index in [9.17, 15) is 9.59 Å². The van der Waals surface area contributed by atoms with Crippen LogP contribution in [0.25, 0.3) is 0 Å². The van der Waals surface area contributed by atoms with Crippen LogP contribution in [-0.2, 0) is 14.3 Å². The lowest BCUT2D eigenvalue weighted by atomic mass is 9.45. The summed E-state index contributed by atoms with van der Waals surface area (Å²) in [7, 11) is 1.58. The maximum atomic E-state index is 12.9. The normalized spacial score (nSPS) is 41.5. The average molecular weight is 443 g/mol. The molecular weight excluding hydrogens is 396 g/mol. The standard InChI is InChI=1S/C29H46O3/c1-5-6-7-8-9-10-23(27(31)32-4)25-14-13-24-22-12-11-20-19-21(30)15-17-28(20,2)26(22)16-18-29(24,25)3/h15,17,20,22-26H,5-14,16,18-19H2,1-4H3/t20-,22-,23+,24-,25+,26-,28-,29-/m0/s1. The molecule has 3 heteroatoms. The lowest BCUT2D eigenvalue weighted by Crippen LogP contribution is -2.53. The first-order valence-corrected chi connectivity index (χ1v) is 13.6. The Balaban J connectivity index is 1.50. The first-order valence-electron chi connectivity index (χ1n) is 13.6. The van der Waals surface area contributed by atoms with E-state index in [1.165, 1.54) is 64.2 Å². The predicted molar refractivity (Wildman–Crippen MR) is 129 cm³/mol. The Morgan fingerprint density at radius 3 is 2.59 bits per heavy atom. The summed E-state index contributed by atoms with van der Waals surface area (Å²) in [4.78, 5) is 25.0. The molecule has 3 fully saturated rings. The van der Waals surface area contributed by atoms with Crippen LogP contribution in [0, 0.1) is 46.3 Å². The quantitative estimate of drug-likeness (QED) is 0.296. The highest BCUT2D eigenvalue weighted by Crippen LogP contribution is 2.67. The molecule has 0 bridgehead atoms. The van der Waals surface area contributed by atoms with Gasteiger partial charge in [-0.3, -0.25) is 9.59 Å². The molecule has 0 saturated heterocycles. The van der Waals surface area contributed by atoms with Crippen molar-refractivity contribution in [2.24, 2.45) is 46.3 Å². The number of hydrogen-bond acceptors (Lipinski definition) is 3. The van der Waals surface area contributed by atoms with Gasteiger partial charge in [-0.2, -0.15) is 0 Å². The Kier molecular flexibility index (Phi) is 7.23. The van der Waals surface area contributed by atoms with Crippen LogP contribution in [0.2, 0.25) is 0 Å². The Morgan fingerprint density at radius 2 is 1.84 bits per heavy atom. The number of methoxy groups -OCH3 is 1. The summed E-state index contributed by atoms with van der Waals surface area (Å²) in [6, 6.07) is 0. The van der Waals surface area contributed by atoms with E-state index in [1.807, 2.05) is 6.08 Å². The van der Waals surface area contributed by atoms with Crippen molar-refractivity contribution in [1.29, 1.82) is 0 Å². The SMILES string of the molecule is CCCCCCC[C@@H](C(=O)OC)[C@H]1CC[C@H]2[C@@H]3CC[C@H]4CC(=O)C=C[C@]4(C)[C@H]3CC[C@]12C. The van der Waals surface area contributed by atoms with Crippen molar-refractivity contribution in [3.8, 4) is 0 Å². The molecule has 0 spiro atoms. The van der Waals surface area contributed by atoms with Crippen LogP contribution < -0.4 is 0 Å². The van der Waals surface area contributed by atoms with E-state index in [1.54, 1.807) is 7.11 Å². The molecule has 0 radical (unpaired) electrons. The van der Waals surface area contributed by atoms with Crippen LogP contribution in [0.1, 0.15) is 104 Å². The molecule has 180 valence electrons. The zero-order chi connectivity index (χ0) is 22.9. The van der Waals surface area contributed by atoms with E-state index in [0.29, 0.717) is 23.5 Å². The molecule has 0 aromatic carbocycles. The van der Waals surface area contributed by atoms with E-state index in [0.717, 1.165) is 31.1 Å². The first kappa shape index (κ1) is 24.0. The van der Waals surface area contributed by atoms with Gasteiger partial charge in [0.1, 0.15) is 0 Å². The second kappa shape index (κ2) is 9.63. The van der Waals surface area contributed by atoms with Crippen molar-refractivity contribution in [1.82, 2.24) is 0 Å². The summed E-state index contributed by atoms with van der Waals surface area (Å²) in [5, 5.41) is 0. The third kappa shape index (κ3) is 4.11. The minimum Gasteiger partial charge on any atom is -0.469 e. The van der Waals surface area contributed by atoms with E-state index in [2.05, 4.69) is 26.8 Å². The summed E-state index contributed by atoms with van der Waals surface area (Å²) in [6.07, 6.45) is 19.6. The number of fused-ring (bicyclic) bond motifs is 5. The zero-order valence-electron chi connectivity index (χ0n) is 21.0. The molecule has 4 aliphatic rings. The number of rotatable bonds is 8. The van der Waals surface area contributed by atoms with E-state index < -0.39 is 0 Å². The smallest absolute Gasteiger partial charge is 0.308 e. The maximum Gasteiger partial charge on any atom is 0.308 e. The van der Waals surface area contributed by atoms with Gasteiger partial charge in [0.15, 0.2) is 5.78 Å². The summed E-state index contributed by atoms with van der Waals surface area (Å²) < 4.78 is 5.35. The Morgan fingerprint density at radius 1 is 1.06 bits per heavy atom. The van der Waals surface area contributed by atoms with Crippen LogP contribution in [-0.4, -0.2) is 18.9 Å². The lowest BCUT2D eigenvalue weighted by Gasteiger charge is -2.59. The molecule has 0 N–H and O–H groups in total. The first-order chi connectivity index (χ1) is 15.3. The van der Waals surface area contributed by atoms with Crippen LogP contribution in [0.3, 0.4) is 0 Å².